The van der Waals surface area contributed by atoms with Crippen LogP contribution in [0.3, 0.4) is 0 Å². The Hall–Kier alpha value is -2.91. The van der Waals surface area contributed by atoms with Crippen LogP contribution in [0.4, 0.5) is 16.3 Å². The molecule has 3 unspecified atom stereocenters. The van der Waals surface area contributed by atoms with Crippen LogP contribution in [0.5, 0.6) is 5.75 Å². The number of aromatic nitrogens is 2. The van der Waals surface area contributed by atoms with Gasteiger partial charge in [0.2, 0.25) is 0 Å². The molecule has 35 heavy (non-hydrogen) atoms. The Kier molecular flexibility index (Phi) is 7.34. The summed E-state index contributed by atoms with van der Waals surface area (Å²) >= 11 is 0. The molecule has 1 saturated carbocycles. The van der Waals surface area contributed by atoms with E-state index >= 15 is 0 Å². The highest BCUT2D eigenvalue weighted by molar-refractivity contribution is 5.84. The van der Waals surface area contributed by atoms with Crippen LogP contribution in [0.1, 0.15) is 43.4 Å². The molecule has 3 aliphatic rings. The molecule has 0 bridgehead atoms. The van der Waals surface area contributed by atoms with Gasteiger partial charge >= 0.3 is 6.09 Å². The van der Waals surface area contributed by atoms with E-state index in [9.17, 15) is 4.79 Å². The summed E-state index contributed by atoms with van der Waals surface area (Å²) in [5.41, 5.74) is 2.78. The topological polar surface area (TPSA) is 95.0 Å². The molecule has 188 valence electrons. The molecule has 5 rings (SSSR count). The summed E-state index contributed by atoms with van der Waals surface area (Å²) in [5, 5.41) is 2.83. The number of carbonyl (C=O) groups excluding carboxylic acids is 1. The maximum Gasteiger partial charge on any atom is 0.411 e. The van der Waals surface area contributed by atoms with E-state index in [1.54, 1.807) is 20.5 Å². The minimum atomic E-state index is -0.451. The monoisotopic (exact) mass is 482 g/mol. The summed E-state index contributed by atoms with van der Waals surface area (Å²) in [4.78, 5) is 23.8. The van der Waals surface area contributed by atoms with Gasteiger partial charge in [0.25, 0.3) is 0 Å². The van der Waals surface area contributed by atoms with Crippen molar-refractivity contribution in [2.24, 2.45) is 0 Å². The average Bonchev–Trinajstić information content (AvgIpc) is 3.56. The third-order valence-corrected chi connectivity index (χ3v) is 7.26. The smallest absolute Gasteiger partial charge is 0.411 e. The molecule has 0 spiro atoms. The second kappa shape index (κ2) is 10.8. The minimum absolute atomic E-state index is 0.0167. The van der Waals surface area contributed by atoms with Crippen molar-refractivity contribution in [1.82, 2.24) is 9.97 Å². The van der Waals surface area contributed by atoms with Crippen LogP contribution in [0, 0.1) is 0 Å². The molecule has 2 aromatic rings. The first-order valence-electron chi connectivity index (χ1n) is 12.5. The number of hydrogen-bond acceptors (Lipinski definition) is 8. The largest absolute Gasteiger partial charge is 0.490 e. The van der Waals surface area contributed by atoms with Gasteiger partial charge in [0.05, 0.1) is 30.6 Å². The van der Waals surface area contributed by atoms with E-state index in [0.29, 0.717) is 31.2 Å². The molecule has 1 aromatic heterocycles. The van der Waals surface area contributed by atoms with Crippen molar-refractivity contribution in [3.63, 3.8) is 0 Å². The average molecular weight is 483 g/mol. The van der Waals surface area contributed by atoms with E-state index in [4.69, 9.17) is 18.9 Å². The second-order valence-electron chi connectivity index (χ2n) is 9.51. The van der Waals surface area contributed by atoms with Gasteiger partial charge < -0.3 is 23.8 Å². The Labute approximate surface area is 206 Å². The van der Waals surface area contributed by atoms with Crippen molar-refractivity contribution in [2.75, 3.05) is 37.5 Å². The number of methoxy groups -OCH3 is 2. The number of anilines is 2. The lowest BCUT2D eigenvalue weighted by atomic mass is 9.91. The lowest BCUT2D eigenvalue weighted by molar-refractivity contribution is -0.0405. The summed E-state index contributed by atoms with van der Waals surface area (Å²) in [6, 6.07) is 7.48. The lowest BCUT2D eigenvalue weighted by Gasteiger charge is -2.32. The SMILES string of the molecule is COC1Cc2ncnc(N3CCC(OC(=O)Nc4ccc(OC5CCCC5)cc4)C3)c2CC1OC. The van der Waals surface area contributed by atoms with Crippen LogP contribution in [-0.2, 0) is 27.1 Å². The molecular weight excluding hydrogens is 448 g/mol. The van der Waals surface area contributed by atoms with Crippen molar-refractivity contribution in [2.45, 2.75) is 69.4 Å². The molecule has 1 saturated heterocycles. The summed E-state index contributed by atoms with van der Waals surface area (Å²) in [7, 11) is 3.41. The number of hydrogen-bond donors (Lipinski definition) is 1. The summed E-state index contributed by atoms with van der Waals surface area (Å²) < 4.78 is 22.9. The summed E-state index contributed by atoms with van der Waals surface area (Å²) in [6.07, 6.45) is 8.04. The van der Waals surface area contributed by atoms with Crippen molar-refractivity contribution in [3.8, 4) is 5.75 Å². The molecule has 2 aliphatic carbocycles. The number of benzene rings is 1. The Bertz CT molecular complexity index is 1010. The molecule has 0 radical (unpaired) electrons. The van der Waals surface area contributed by atoms with Crippen molar-refractivity contribution in [3.05, 3.63) is 41.9 Å². The Balaban J connectivity index is 1.15. The van der Waals surface area contributed by atoms with E-state index in [-0.39, 0.29) is 18.3 Å². The lowest BCUT2D eigenvalue weighted by Crippen LogP contribution is -2.39. The van der Waals surface area contributed by atoms with Crippen LogP contribution < -0.4 is 15.0 Å². The third kappa shape index (κ3) is 5.51. The number of nitrogens with one attached hydrogen (secondary N) is 1. The van der Waals surface area contributed by atoms with E-state index in [0.717, 1.165) is 48.6 Å². The van der Waals surface area contributed by atoms with Crippen molar-refractivity contribution >= 4 is 17.6 Å². The summed E-state index contributed by atoms with van der Waals surface area (Å²) in [5.74, 6) is 1.74. The molecule has 9 nitrogen and oxygen atoms in total. The molecule has 9 heteroatoms. The van der Waals surface area contributed by atoms with Gasteiger partial charge in [-0.1, -0.05) is 0 Å². The first-order valence-corrected chi connectivity index (χ1v) is 12.5. The first kappa shape index (κ1) is 23.8. The Morgan fingerprint density at radius 3 is 2.46 bits per heavy atom. The van der Waals surface area contributed by atoms with E-state index < -0.39 is 6.09 Å². The first-order chi connectivity index (χ1) is 17.1. The quantitative estimate of drug-likeness (QED) is 0.638. The zero-order valence-corrected chi connectivity index (χ0v) is 20.4. The normalized spacial score (nSPS) is 24.3. The van der Waals surface area contributed by atoms with Gasteiger partial charge in [0, 0.05) is 51.3 Å². The van der Waals surface area contributed by atoms with Crippen LogP contribution in [0.25, 0.3) is 0 Å². The molecule has 1 aromatic carbocycles. The zero-order chi connectivity index (χ0) is 24.2. The van der Waals surface area contributed by atoms with Gasteiger partial charge in [-0.25, -0.2) is 14.8 Å². The predicted molar refractivity (Wildman–Crippen MR) is 131 cm³/mol. The van der Waals surface area contributed by atoms with E-state index in [2.05, 4.69) is 20.2 Å². The number of carbonyl (C=O) groups is 1. The highest BCUT2D eigenvalue weighted by Gasteiger charge is 2.35. The molecular formula is C26H34N4O5. The molecule has 1 N–H and O–H groups in total. The van der Waals surface area contributed by atoms with Crippen molar-refractivity contribution < 1.29 is 23.7 Å². The molecule has 3 atom stereocenters. The van der Waals surface area contributed by atoms with Crippen LogP contribution in [0.15, 0.2) is 30.6 Å². The number of nitrogens with zero attached hydrogens (tertiary/aromatic N) is 3. The number of rotatable bonds is 7. The maximum atomic E-state index is 12.5. The Morgan fingerprint density at radius 1 is 0.971 bits per heavy atom. The van der Waals surface area contributed by atoms with Crippen LogP contribution in [0.2, 0.25) is 0 Å². The number of fused-ring (bicyclic) bond motifs is 1. The minimum Gasteiger partial charge on any atom is -0.490 e. The highest BCUT2D eigenvalue weighted by Crippen LogP contribution is 2.32. The maximum absolute atomic E-state index is 12.5. The van der Waals surface area contributed by atoms with Gasteiger partial charge in [-0.2, -0.15) is 0 Å². The van der Waals surface area contributed by atoms with Gasteiger partial charge in [0.1, 0.15) is 24.0 Å². The van der Waals surface area contributed by atoms with Crippen LogP contribution in [-0.4, -0.2) is 67.8 Å². The summed E-state index contributed by atoms with van der Waals surface area (Å²) in [6.45, 7) is 1.36. The van der Waals surface area contributed by atoms with E-state index in [1.165, 1.54) is 12.8 Å². The van der Waals surface area contributed by atoms with E-state index in [1.807, 2.05) is 24.3 Å². The fourth-order valence-corrected chi connectivity index (χ4v) is 5.35. The second-order valence-corrected chi connectivity index (χ2v) is 9.51. The molecule has 2 heterocycles. The fraction of sp³-hybridized carbons (Fsp3) is 0.577. The van der Waals surface area contributed by atoms with Crippen LogP contribution >= 0.6 is 0 Å². The number of amides is 1. The Morgan fingerprint density at radius 2 is 1.71 bits per heavy atom. The highest BCUT2D eigenvalue weighted by atomic mass is 16.6. The molecule has 1 amide bonds. The predicted octanol–water partition coefficient (Wildman–Crippen LogP) is 3.75. The van der Waals surface area contributed by atoms with Gasteiger partial charge in [-0.15, -0.1) is 0 Å². The van der Waals surface area contributed by atoms with Gasteiger partial charge in [-0.05, 0) is 49.9 Å². The number of ether oxygens (including phenoxy) is 4. The van der Waals surface area contributed by atoms with Gasteiger partial charge in [0.15, 0.2) is 0 Å². The third-order valence-electron chi connectivity index (χ3n) is 7.26. The van der Waals surface area contributed by atoms with Crippen molar-refractivity contribution in [1.29, 1.82) is 0 Å². The van der Waals surface area contributed by atoms with Gasteiger partial charge in [-0.3, -0.25) is 5.32 Å². The molecule has 1 aliphatic heterocycles. The standard InChI is InChI=1S/C26H34N4O5/c1-32-23-13-21-22(14-24(23)33-2)27-16-28-25(21)30-12-11-20(15-30)35-26(31)29-17-7-9-19(10-8-17)34-18-5-3-4-6-18/h7-10,16,18,20,23-24H,3-6,11-15H2,1-2H3,(H,29,31). The fourth-order valence-electron chi connectivity index (χ4n) is 5.35. The molecule has 2 fully saturated rings. The zero-order valence-electron chi connectivity index (χ0n) is 20.4.